The van der Waals surface area contributed by atoms with E-state index >= 15 is 0 Å². The second-order valence-electron chi connectivity index (χ2n) is 3.27. The molecule has 15 heavy (non-hydrogen) atoms. The van der Waals surface area contributed by atoms with Crippen LogP contribution >= 0.6 is 0 Å². The number of nitrogen functional groups attached to an aromatic ring is 1. The molecule has 0 amide bonds. The van der Waals surface area contributed by atoms with Crippen LogP contribution in [0, 0.1) is 6.92 Å². The van der Waals surface area contributed by atoms with Crippen molar-refractivity contribution in [2.24, 2.45) is 0 Å². The maximum atomic E-state index is 5.46. The number of unbranched alkanes of at least 4 members (excludes halogenated alkanes) is 2. The predicted octanol–water partition coefficient (Wildman–Crippen LogP) is 4.80. The van der Waals surface area contributed by atoms with Crippen molar-refractivity contribution < 1.29 is 0 Å². The lowest BCUT2D eigenvalue weighted by molar-refractivity contribution is 0.772. The van der Waals surface area contributed by atoms with Gasteiger partial charge >= 0.3 is 0 Å². The first kappa shape index (κ1) is 16.4. The molecular formula is C14H27N. The minimum absolute atomic E-state index is 0.838. The Balaban J connectivity index is 0. The Bertz CT molecular complexity index is 199. The van der Waals surface area contributed by atoms with E-state index in [0.29, 0.717) is 0 Å². The highest BCUT2D eigenvalue weighted by atomic mass is 14.5. The minimum atomic E-state index is 0.838. The van der Waals surface area contributed by atoms with Crippen molar-refractivity contribution in [2.75, 3.05) is 5.73 Å². The fourth-order valence-corrected chi connectivity index (χ4v) is 1.02. The summed E-state index contributed by atoms with van der Waals surface area (Å²) >= 11 is 0. The van der Waals surface area contributed by atoms with Gasteiger partial charge in [-0.05, 0) is 24.6 Å². The second-order valence-corrected chi connectivity index (χ2v) is 3.27. The highest BCUT2D eigenvalue weighted by Crippen LogP contribution is 2.03. The van der Waals surface area contributed by atoms with Gasteiger partial charge in [-0.3, -0.25) is 0 Å². The Morgan fingerprint density at radius 3 is 1.80 bits per heavy atom. The van der Waals surface area contributed by atoms with Crippen molar-refractivity contribution in [1.29, 1.82) is 0 Å². The molecule has 0 spiro atoms. The zero-order chi connectivity index (χ0) is 12.1. The molecule has 1 aromatic carbocycles. The van der Waals surface area contributed by atoms with Gasteiger partial charge in [0, 0.05) is 5.69 Å². The van der Waals surface area contributed by atoms with Gasteiger partial charge in [0.2, 0.25) is 0 Å². The first-order valence-electron chi connectivity index (χ1n) is 6.02. The molecular weight excluding hydrogens is 182 g/mol. The van der Waals surface area contributed by atoms with Gasteiger partial charge < -0.3 is 5.73 Å². The van der Waals surface area contributed by atoms with Gasteiger partial charge in [0.25, 0.3) is 0 Å². The van der Waals surface area contributed by atoms with Crippen LogP contribution in [0.1, 0.15) is 52.5 Å². The van der Waals surface area contributed by atoms with Crippen molar-refractivity contribution in [3.63, 3.8) is 0 Å². The number of anilines is 1. The molecule has 0 aliphatic carbocycles. The first-order valence-corrected chi connectivity index (χ1v) is 6.02. The van der Waals surface area contributed by atoms with Crippen molar-refractivity contribution in [1.82, 2.24) is 0 Å². The monoisotopic (exact) mass is 209 g/mol. The fraction of sp³-hybridized carbons (Fsp3) is 0.571. The highest BCUT2D eigenvalue weighted by molar-refractivity contribution is 5.39. The normalized spacial score (nSPS) is 8.07. The molecule has 0 aliphatic rings. The van der Waals surface area contributed by atoms with E-state index in [4.69, 9.17) is 5.73 Å². The molecule has 0 fully saturated rings. The number of nitrogens with two attached hydrogens (primary N) is 1. The van der Waals surface area contributed by atoms with E-state index in [-0.39, 0.29) is 0 Å². The van der Waals surface area contributed by atoms with Crippen molar-refractivity contribution in [3.05, 3.63) is 29.8 Å². The Hall–Kier alpha value is -0.980. The maximum Gasteiger partial charge on any atom is 0.0316 e. The number of benzene rings is 1. The van der Waals surface area contributed by atoms with E-state index < -0.39 is 0 Å². The molecule has 0 aliphatic heterocycles. The lowest BCUT2D eigenvalue weighted by Crippen LogP contribution is -1.82. The SMILES string of the molecule is CC.CCCCC.Cc1cccc(N)c1. The summed E-state index contributed by atoms with van der Waals surface area (Å²) in [5, 5.41) is 0. The van der Waals surface area contributed by atoms with Gasteiger partial charge in [0.05, 0.1) is 0 Å². The standard InChI is InChI=1S/C7H9N.C5H12.C2H6/c1-6-3-2-4-7(8)5-6;1-3-5-4-2;1-2/h2-5H,8H2,1H3;3-5H2,1-2H3;1-2H3. The van der Waals surface area contributed by atoms with Gasteiger partial charge in [-0.25, -0.2) is 0 Å². The van der Waals surface area contributed by atoms with Crippen LogP contribution in [0.4, 0.5) is 5.69 Å². The molecule has 88 valence electrons. The molecule has 1 heteroatoms. The smallest absolute Gasteiger partial charge is 0.0316 e. The summed E-state index contributed by atoms with van der Waals surface area (Å²) in [4.78, 5) is 0. The molecule has 1 nitrogen and oxygen atoms in total. The minimum Gasteiger partial charge on any atom is -0.399 e. The average Bonchev–Trinajstić information content (AvgIpc) is 2.22. The third kappa shape index (κ3) is 13.0. The van der Waals surface area contributed by atoms with Crippen LogP contribution in [-0.4, -0.2) is 0 Å². The average molecular weight is 209 g/mol. The zero-order valence-electron chi connectivity index (χ0n) is 11.0. The van der Waals surface area contributed by atoms with Crippen LogP contribution < -0.4 is 5.73 Å². The Morgan fingerprint density at radius 2 is 1.60 bits per heavy atom. The Labute approximate surface area is 95.7 Å². The quantitative estimate of drug-likeness (QED) is 0.696. The van der Waals surface area contributed by atoms with Crippen LogP contribution in [-0.2, 0) is 0 Å². The summed E-state index contributed by atoms with van der Waals surface area (Å²) in [6.07, 6.45) is 4.08. The van der Waals surface area contributed by atoms with E-state index in [1.54, 1.807) is 0 Å². The highest BCUT2D eigenvalue weighted by Gasteiger charge is 1.81. The van der Waals surface area contributed by atoms with E-state index in [9.17, 15) is 0 Å². The van der Waals surface area contributed by atoms with Crippen LogP contribution in [0.5, 0.6) is 0 Å². The van der Waals surface area contributed by atoms with Gasteiger partial charge in [0.15, 0.2) is 0 Å². The van der Waals surface area contributed by atoms with E-state index in [1.807, 2.05) is 45.0 Å². The van der Waals surface area contributed by atoms with Gasteiger partial charge in [-0.1, -0.05) is 59.1 Å². The summed E-state index contributed by atoms with van der Waals surface area (Å²) in [6, 6.07) is 7.80. The molecule has 2 N–H and O–H groups in total. The van der Waals surface area contributed by atoms with Crippen molar-refractivity contribution in [2.45, 2.75) is 53.9 Å². The molecule has 0 radical (unpaired) electrons. The maximum absolute atomic E-state index is 5.46. The summed E-state index contributed by atoms with van der Waals surface area (Å²) in [5.74, 6) is 0. The summed E-state index contributed by atoms with van der Waals surface area (Å²) in [5.41, 5.74) is 7.51. The van der Waals surface area contributed by atoms with E-state index in [0.717, 1.165) is 5.69 Å². The van der Waals surface area contributed by atoms with Crippen molar-refractivity contribution >= 4 is 5.69 Å². The molecule has 1 rings (SSSR count). The van der Waals surface area contributed by atoms with Crippen LogP contribution in [0.2, 0.25) is 0 Å². The molecule has 1 aromatic rings. The second kappa shape index (κ2) is 13.0. The number of aryl methyl sites for hydroxylation is 1. The molecule has 0 atom stereocenters. The molecule has 0 bridgehead atoms. The lowest BCUT2D eigenvalue weighted by atomic mass is 10.2. The number of hydrogen-bond acceptors (Lipinski definition) is 1. The Morgan fingerprint density at radius 1 is 1.07 bits per heavy atom. The summed E-state index contributed by atoms with van der Waals surface area (Å²) in [6.45, 7) is 10.4. The molecule has 0 aromatic heterocycles. The Kier molecular flexibility index (Phi) is 14.3. The summed E-state index contributed by atoms with van der Waals surface area (Å²) in [7, 11) is 0. The number of hydrogen-bond donors (Lipinski definition) is 1. The third-order valence-electron chi connectivity index (χ3n) is 1.75. The lowest BCUT2D eigenvalue weighted by Gasteiger charge is -1.91. The molecule has 0 saturated carbocycles. The van der Waals surface area contributed by atoms with Crippen LogP contribution in [0.25, 0.3) is 0 Å². The van der Waals surface area contributed by atoms with Crippen molar-refractivity contribution in [3.8, 4) is 0 Å². The molecule has 0 heterocycles. The zero-order valence-corrected chi connectivity index (χ0v) is 11.0. The first-order chi connectivity index (χ1) is 7.20. The fourth-order valence-electron chi connectivity index (χ4n) is 1.02. The van der Waals surface area contributed by atoms with Gasteiger partial charge in [-0.15, -0.1) is 0 Å². The summed E-state index contributed by atoms with van der Waals surface area (Å²) < 4.78 is 0. The topological polar surface area (TPSA) is 26.0 Å². The van der Waals surface area contributed by atoms with Crippen LogP contribution in [0.3, 0.4) is 0 Å². The largest absolute Gasteiger partial charge is 0.399 e. The van der Waals surface area contributed by atoms with E-state index in [2.05, 4.69) is 13.8 Å². The van der Waals surface area contributed by atoms with E-state index in [1.165, 1.54) is 24.8 Å². The van der Waals surface area contributed by atoms with Crippen LogP contribution in [0.15, 0.2) is 24.3 Å². The molecule has 0 unspecified atom stereocenters. The third-order valence-corrected chi connectivity index (χ3v) is 1.75. The van der Waals surface area contributed by atoms with Gasteiger partial charge in [0.1, 0.15) is 0 Å². The van der Waals surface area contributed by atoms with Gasteiger partial charge in [-0.2, -0.15) is 0 Å². The number of rotatable bonds is 2. The predicted molar refractivity (Wildman–Crippen MR) is 72.1 cm³/mol. The molecule has 0 saturated heterocycles.